The van der Waals surface area contributed by atoms with Gasteiger partial charge in [-0.1, -0.05) is 30.8 Å². The molecule has 10 heavy (non-hydrogen) atoms. The third kappa shape index (κ3) is 1.46. The molecule has 0 aliphatic heterocycles. The van der Waals surface area contributed by atoms with Crippen LogP contribution in [0.25, 0.3) is 12.7 Å². The molecule has 1 aromatic rings. The van der Waals surface area contributed by atoms with Gasteiger partial charge in [0.1, 0.15) is 0 Å². The summed E-state index contributed by atoms with van der Waals surface area (Å²) < 4.78 is 0. The topological polar surface area (TPSA) is 23.8 Å². The van der Waals surface area contributed by atoms with Crippen molar-refractivity contribution in [2.24, 2.45) is 0 Å². The first-order valence-electron chi connectivity index (χ1n) is 2.98. The van der Waals surface area contributed by atoms with Gasteiger partial charge in [0.25, 0.3) is 0 Å². The van der Waals surface area contributed by atoms with Gasteiger partial charge in [-0.25, -0.2) is 0 Å². The van der Waals surface area contributed by atoms with E-state index in [9.17, 15) is 0 Å². The molecule has 0 N–H and O–H groups in total. The van der Waals surface area contributed by atoms with Crippen LogP contribution in [-0.2, 0) is 0 Å². The van der Waals surface area contributed by atoms with E-state index in [2.05, 4.69) is 6.58 Å². The Kier molecular flexibility index (Phi) is 1.86. The summed E-state index contributed by atoms with van der Waals surface area (Å²) in [5, 5.41) is 10.2. The Hall–Kier alpha value is -1.55. The van der Waals surface area contributed by atoms with Crippen LogP contribution in [-0.4, -0.2) is 0 Å². The lowest BCUT2D eigenvalue weighted by molar-refractivity contribution is 1.53. The lowest BCUT2D eigenvalue weighted by atomic mass is 10.2. The smallest absolute Gasteiger partial charge is 0.0918 e. The second kappa shape index (κ2) is 2.84. The number of nitrogens with zero attached hydrogens (tertiary/aromatic N) is 1. The average molecular weight is 129 g/mol. The minimum Gasteiger partial charge on any atom is -0.193 e. The fraction of sp³-hybridized carbons (Fsp3) is 0. The molecular weight excluding hydrogens is 122 g/mol. The fourth-order valence-corrected chi connectivity index (χ4v) is 0.688. The molecule has 0 spiro atoms. The van der Waals surface area contributed by atoms with E-state index in [-0.39, 0.29) is 0 Å². The maximum atomic E-state index is 8.27. The second-order valence-electron chi connectivity index (χ2n) is 2.02. The van der Waals surface area contributed by atoms with Crippen molar-refractivity contribution in [3.8, 4) is 6.07 Å². The van der Waals surface area contributed by atoms with E-state index in [4.69, 9.17) is 5.26 Å². The van der Waals surface area contributed by atoms with Crippen molar-refractivity contribution in [2.75, 3.05) is 0 Å². The standard InChI is InChI=1S/C9H7N/c1-8-2-4-9(5-3-8)6-7-10/h2-6H,1H2. The SMILES string of the molecule is C=c1ccc(=CC#N)cc1. The molecular formula is C9H7N. The van der Waals surface area contributed by atoms with Crippen molar-refractivity contribution >= 4 is 12.7 Å². The summed E-state index contributed by atoms with van der Waals surface area (Å²) >= 11 is 0. The van der Waals surface area contributed by atoms with Crippen LogP contribution in [0.5, 0.6) is 0 Å². The van der Waals surface area contributed by atoms with E-state index in [1.165, 1.54) is 6.08 Å². The average Bonchev–Trinajstić information content (AvgIpc) is 1.95. The highest BCUT2D eigenvalue weighted by Crippen LogP contribution is 1.67. The molecule has 1 nitrogen and oxygen atoms in total. The van der Waals surface area contributed by atoms with Gasteiger partial charge < -0.3 is 0 Å². The molecule has 0 saturated heterocycles. The Labute approximate surface area is 59.5 Å². The van der Waals surface area contributed by atoms with Crippen LogP contribution >= 0.6 is 0 Å². The zero-order valence-corrected chi connectivity index (χ0v) is 5.54. The van der Waals surface area contributed by atoms with E-state index in [0.717, 1.165) is 10.4 Å². The van der Waals surface area contributed by atoms with Gasteiger partial charge in [0.05, 0.1) is 6.07 Å². The molecule has 0 aromatic heterocycles. The first-order chi connectivity index (χ1) is 4.83. The number of hydrogen-bond donors (Lipinski definition) is 0. The number of hydrogen-bond acceptors (Lipinski definition) is 1. The summed E-state index contributed by atoms with van der Waals surface area (Å²) in [6, 6.07) is 9.45. The molecule has 1 heteroatoms. The Morgan fingerprint density at radius 2 is 1.90 bits per heavy atom. The Morgan fingerprint density at radius 3 is 2.40 bits per heavy atom. The highest BCUT2D eigenvalue weighted by atomic mass is 14.2. The molecule has 0 atom stereocenters. The highest BCUT2D eigenvalue weighted by Gasteiger charge is 1.74. The number of rotatable bonds is 0. The molecule has 0 heterocycles. The maximum absolute atomic E-state index is 8.27. The largest absolute Gasteiger partial charge is 0.193 e. The number of nitriles is 1. The van der Waals surface area contributed by atoms with Crippen LogP contribution in [0.2, 0.25) is 0 Å². The second-order valence-corrected chi connectivity index (χ2v) is 2.02. The van der Waals surface area contributed by atoms with Crippen molar-refractivity contribution in [3.63, 3.8) is 0 Å². The summed E-state index contributed by atoms with van der Waals surface area (Å²) in [4.78, 5) is 0. The molecule has 0 fully saturated rings. The summed E-state index contributed by atoms with van der Waals surface area (Å²) in [5.74, 6) is 0. The fourth-order valence-electron chi connectivity index (χ4n) is 0.688. The Morgan fingerprint density at radius 1 is 1.30 bits per heavy atom. The van der Waals surface area contributed by atoms with Crippen LogP contribution in [0.15, 0.2) is 24.3 Å². The predicted octanol–water partition coefficient (Wildman–Crippen LogP) is 0.401. The van der Waals surface area contributed by atoms with Gasteiger partial charge in [0.2, 0.25) is 0 Å². The summed E-state index contributed by atoms with van der Waals surface area (Å²) in [5.41, 5.74) is 0. The molecule has 48 valence electrons. The molecule has 0 amide bonds. The van der Waals surface area contributed by atoms with Crippen molar-refractivity contribution in [3.05, 3.63) is 34.7 Å². The van der Waals surface area contributed by atoms with E-state index in [1.807, 2.05) is 30.3 Å². The summed E-state index contributed by atoms with van der Waals surface area (Å²) in [6.07, 6.45) is 1.50. The lowest BCUT2D eigenvalue weighted by Gasteiger charge is -1.80. The highest BCUT2D eigenvalue weighted by molar-refractivity contribution is 5.39. The van der Waals surface area contributed by atoms with Gasteiger partial charge in [0.15, 0.2) is 0 Å². The van der Waals surface area contributed by atoms with Crippen molar-refractivity contribution < 1.29 is 0 Å². The minimum atomic E-state index is 0.926. The third-order valence-electron chi connectivity index (χ3n) is 1.21. The third-order valence-corrected chi connectivity index (χ3v) is 1.21. The summed E-state index contributed by atoms with van der Waals surface area (Å²) in [7, 11) is 0. The van der Waals surface area contributed by atoms with Gasteiger partial charge in [-0.3, -0.25) is 0 Å². The molecule has 0 aliphatic rings. The predicted molar refractivity (Wildman–Crippen MR) is 41.3 cm³/mol. The molecule has 0 radical (unpaired) electrons. The van der Waals surface area contributed by atoms with E-state index >= 15 is 0 Å². The molecule has 0 bridgehead atoms. The van der Waals surface area contributed by atoms with Crippen LogP contribution in [0.3, 0.4) is 0 Å². The van der Waals surface area contributed by atoms with Gasteiger partial charge in [-0.2, -0.15) is 5.26 Å². The molecule has 0 aliphatic carbocycles. The molecule has 0 saturated carbocycles. The lowest BCUT2D eigenvalue weighted by Crippen LogP contribution is -2.04. The van der Waals surface area contributed by atoms with Gasteiger partial charge in [-0.05, 0) is 10.4 Å². The Balaban J connectivity index is 3.28. The van der Waals surface area contributed by atoms with Gasteiger partial charge in [-0.15, -0.1) is 0 Å². The normalized spacial score (nSPS) is 8.30. The van der Waals surface area contributed by atoms with E-state index < -0.39 is 0 Å². The van der Waals surface area contributed by atoms with Crippen molar-refractivity contribution in [1.29, 1.82) is 5.26 Å². The molecule has 1 aromatic carbocycles. The minimum absolute atomic E-state index is 0.926. The van der Waals surface area contributed by atoms with Crippen LogP contribution < -0.4 is 10.4 Å². The maximum Gasteiger partial charge on any atom is 0.0918 e. The van der Waals surface area contributed by atoms with Crippen LogP contribution in [0.4, 0.5) is 0 Å². The van der Waals surface area contributed by atoms with E-state index in [1.54, 1.807) is 0 Å². The monoisotopic (exact) mass is 129 g/mol. The van der Waals surface area contributed by atoms with Crippen molar-refractivity contribution in [1.82, 2.24) is 0 Å². The van der Waals surface area contributed by atoms with Crippen LogP contribution in [0.1, 0.15) is 0 Å². The van der Waals surface area contributed by atoms with Gasteiger partial charge in [0, 0.05) is 6.08 Å². The summed E-state index contributed by atoms with van der Waals surface area (Å²) in [6.45, 7) is 3.72. The van der Waals surface area contributed by atoms with Crippen LogP contribution in [0, 0.1) is 11.3 Å². The molecule has 0 unspecified atom stereocenters. The quantitative estimate of drug-likeness (QED) is 0.497. The number of benzene rings is 1. The first-order valence-corrected chi connectivity index (χ1v) is 2.98. The Bertz CT molecular complexity index is 334. The zero-order chi connectivity index (χ0) is 7.40. The first kappa shape index (κ1) is 6.57. The zero-order valence-electron chi connectivity index (χ0n) is 5.54. The van der Waals surface area contributed by atoms with Gasteiger partial charge >= 0.3 is 0 Å². The van der Waals surface area contributed by atoms with Crippen molar-refractivity contribution in [2.45, 2.75) is 0 Å². The van der Waals surface area contributed by atoms with E-state index in [0.29, 0.717) is 0 Å². The molecule has 1 rings (SSSR count).